The highest BCUT2D eigenvalue weighted by Gasteiger charge is 2.11. The van der Waals surface area contributed by atoms with Crippen molar-refractivity contribution in [2.75, 3.05) is 5.32 Å². The van der Waals surface area contributed by atoms with Crippen LogP contribution in [-0.2, 0) is 4.79 Å². The Hall–Kier alpha value is -3.16. The van der Waals surface area contributed by atoms with E-state index in [2.05, 4.69) is 10.4 Å². The monoisotopic (exact) mass is 417 g/mol. The molecule has 28 heavy (non-hydrogen) atoms. The van der Waals surface area contributed by atoms with Gasteiger partial charge in [-0.05, 0) is 36.4 Å². The molecule has 1 aromatic heterocycles. The first-order valence-electron chi connectivity index (χ1n) is 7.99. The molecule has 142 valence electrons. The number of amides is 1. The lowest BCUT2D eigenvalue weighted by Gasteiger charge is -2.09. The Labute approximate surface area is 169 Å². The van der Waals surface area contributed by atoms with Gasteiger partial charge < -0.3 is 10.1 Å². The molecule has 0 fully saturated rings. The maximum Gasteiger partial charge on any atom is 0.308 e. The predicted octanol–water partition coefficient (Wildman–Crippen LogP) is 3.72. The van der Waals surface area contributed by atoms with Crippen molar-refractivity contribution in [1.29, 1.82) is 0 Å². The number of aromatic nitrogens is 2. The topological polar surface area (TPSA) is 90.3 Å². The van der Waals surface area contributed by atoms with Gasteiger partial charge in [-0.25, -0.2) is 0 Å². The lowest BCUT2D eigenvalue weighted by molar-refractivity contribution is -0.131. The van der Waals surface area contributed by atoms with Crippen LogP contribution in [0.1, 0.15) is 17.3 Å². The third-order valence-electron chi connectivity index (χ3n) is 3.60. The van der Waals surface area contributed by atoms with E-state index in [1.165, 1.54) is 31.3 Å². The van der Waals surface area contributed by atoms with E-state index in [-0.39, 0.29) is 16.0 Å². The Morgan fingerprint density at radius 3 is 2.50 bits per heavy atom. The van der Waals surface area contributed by atoms with Crippen molar-refractivity contribution in [3.8, 4) is 11.4 Å². The van der Waals surface area contributed by atoms with Crippen molar-refractivity contribution in [3.63, 3.8) is 0 Å². The van der Waals surface area contributed by atoms with Crippen LogP contribution in [0.4, 0.5) is 5.69 Å². The standard InChI is InChI=1S/C19H13Cl2N3O4/c1-11(25)28-15-4-2-3-13(9-15)23-18(26)12-5-7-14(8-6-12)24-19(27)17(21)16(20)10-22-24/h2-10H,1H3,(H,23,26). The van der Waals surface area contributed by atoms with Crippen molar-refractivity contribution < 1.29 is 14.3 Å². The minimum atomic E-state index is -0.561. The van der Waals surface area contributed by atoms with Crippen LogP contribution in [0.5, 0.6) is 5.75 Å². The van der Waals surface area contributed by atoms with E-state index in [4.69, 9.17) is 27.9 Å². The molecule has 0 bridgehead atoms. The first-order chi connectivity index (χ1) is 13.3. The van der Waals surface area contributed by atoms with Crippen LogP contribution in [0.3, 0.4) is 0 Å². The molecule has 0 unspecified atom stereocenters. The lowest BCUT2D eigenvalue weighted by atomic mass is 10.2. The van der Waals surface area contributed by atoms with Crippen LogP contribution in [-0.4, -0.2) is 21.7 Å². The minimum Gasteiger partial charge on any atom is -0.427 e. The average molecular weight is 418 g/mol. The smallest absolute Gasteiger partial charge is 0.308 e. The van der Waals surface area contributed by atoms with E-state index in [0.717, 1.165) is 4.68 Å². The summed E-state index contributed by atoms with van der Waals surface area (Å²) in [5, 5.41) is 6.57. The summed E-state index contributed by atoms with van der Waals surface area (Å²) in [4.78, 5) is 35.6. The molecule has 1 amide bonds. The number of carbonyl (C=O) groups excluding carboxylic acids is 2. The van der Waals surface area contributed by atoms with Crippen molar-refractivity contribution in [1.82, 2.24) is 9.78 Å². The number of rotatable bonds is 4. The van der Waals surface area contributed by atoms with Crippen LogP contribution in [0, 0.1) is 0 Å². The quantitative estimate of drug-likeness (QED) is 0.515. The first-order valence-corrected chi connectivity index (χ1v) is 8.74. The number of benzene rings is 2. The van der Waals surface area contributed by atoms with Gasteiger partial charge in [0.15, 0.2) is 0 Å². The van der Waals surface area contributed by atoms with E-state index in [1.54, 1.807) is 30.3 Å². The van der Waals surface area contributed by atoms with E-state index >= 15 is 0 Å². The summed E-state index contributed by atoms with van der Waals surface area (Å²) in [5.74, 6) is -0.503. The number of hydrogen-bond acceptors (Lipinski definition) is 5. The summed E-state index contributed by atoms with van der Waals surface area (Å²) in [5.41, 5.74) is 0.690. The van der Waals surface area contributed by atoms with E-state index in [0.29, 0.717) is 22.7 Å². The summed E-state index contributed by atoms with van der Waals surface area (Å²) >= 11 is 11.6. The van der Waals surface area contributed by atoms with Crippen molar-refractivity contribution >= 4 is 40.8 Å². The van der Waals surface area contributed by atoms with Gasteiger partial charge in [0.05, 0.1) is 16.9 Å². The molecule has 0 aliphatic heterocycles. The molecule has 7 nitrogen and oxygen atoms in total. The zero-order chi connectivity index (χ0) is 20.3. The molecule has 0 aliphatic carbocycles. The molecule has 0 aliphatic rings. The molecule has 9 heteroatoms. The maximum atomic E-state index is 12.4. The number of nitrogens with zero attached hydrogens (tertiary/aromatic N) is 2. The average Bonchev–Trinajstić information content (AvgIpc) is 2.66. The summed E-state index contributed by atoms with van der Waals surface area (Å²) in [6, 6.07) is 12.7. The van der Waals surface area contributed by atoms with Crippen molar-refractivity contribution in [2.45, 2.75) is 6.92 Å². The highest BCUT2D eigenvalue weighted by Crippen LogP contribution is 2.19. The van der Waals surface area contributed by atoms with Crippen LogP contribution in [0.2, 0.25) is 10.0 Å². The van der Waals surface area contributed by atoms with Gasteiger partial charge in [-0.1, -0.05) is 29.3 Å². The zero-order valence-electron chi connectivity index (χ0n) is 14.5. The van der Waals surface area contributed by atoms with Crippen LogP contribution >= 0.6 is 23.2 Å². The molecule has 0 atom stereocenters. The van der Waals surface area contributed by atoms with Crippen molar-refractivity contribution in [3.05, 3.63) is 80.7 Å². The minimum absolute atomic E-state index is 0.0647. The van der Waals surface area contributed by atoms with Gasteiger partial charge in [-0.3, -0.25) is 14.4 Å². The Morgan fingerprint density at radius 2 is 1.82 bits per heavy atom. The van der Waals surface area contributed by atoms with Gasteiger partial charge >= 0.3 is 5.97 Å². The summed E-state index contributed by atoms with van der Waals surface area (Å²) in [6.07, 6.45) is 1.27. The number of hydrogen-bond donors (Lipinski definition) is 1. The maximum absolute atomic E-state index is 12.4. The third-order valence-corrected chi connectivity index (χ3v) is 4.35. The fourth-order valence-corrected chi connectivity index (χ4v) is 2.61. The Bertz CT molecular complexity index is 1110. The molecule has 0 spiro atoms. The molecule has 2 aromatic carbocycles. The Kier molecular flexibility index (Phi) is 5.77. The van der Waals surface area contributed by atoms with Crippen LogP contribution in [0.25, 0.3) is 5.69 Å². The number of carbonyl (C=O) groups is 2. The summed E-state index contributed by atoms with van der Waals surface area (Å²) < 4.78 is 6.07. The highest BCUT2D eigenvalue weighted by atomic mass is 35.5. The van der Waals surface area contributed by atoms with Crippen LogP contribution < -0.4 is 15.6 Å². The number of esters is 1. The van der Waals surface area contributed by atoms with E-state index in [9.17, 15) is 14.4 Å². The van der Waals surface area contributed by atoms with E-state index in [1.807, 2.05) is 0 Å². The number of anilines is 1. The van der Waals surface area contributed by atoms with Gasteiger partial charge in [0.25, 0.3) is 11.5 Å². The number of halogens is 2. The molecule has 1 N–H and O–H groups in total. The van der Waals surface area contributed by atoms with Gasteiger partial charge in [-0.15, -0.1) is 0 Å². The SMILES string of the molecule is CC(=O)Oc1cccc(NC(=O)c2ccc(-n3ncc(Cl)c(Cl)c3=O)cc2)c1. The van der Waals surface area contributed by atoms with Gasteiger partial charge in [0, 0.05) is 24.2 Å². The second-order valence-electron chi connectivity index (χ2n) is 5.65. The second kappa shape index (κ2) is 8.24. The zero-order valence-corrected chi connectivity index (χ0v) is 16.0. The third kappa shape index (κ3) is 4.39. The molecular formula is C19H13Cl2N3O4. The van der Waals surface area contributed by atoms with E-state index < -0.39 is 11.5 Å². The molecule has 0 radical (unpaired) electrons. The highest BCUT2D eigenvalue weighted by molar-refractivity contribution is 6.41. The first kappa shape index (κ1) is 19.6. The Morgan fingerprint density at radius 1 is 1.11 bits per heavy atom. The second-order valence-corrected chi connectivity index (χ2v) is 6.43. The molecule has 3 rings (SSSR count). The molecular weight excluding hydrogens is 405 g/mol. The fourth-order valence-electron chi connectivity index (χ4n) is 2.36. The molecule has 0 saturated carbocycles. The van der Waals surface area contributed by atoms with Crippen molar-refractivity contribution in [2.24, 2.45) is 0 Å². The largest absolute Gasteiger partial charge is 0.427 e. The predicted molar refractivity (Wildman–Crippen MR) is 106 cm³/mol. The normalized spacial score (nSPS) is 10.4. The fraction of sp³-hybridized carbons (Fsp3) is 0.0526. The number of nitrogens with one attached hydrogen (secondary N) is 1. The van der Waals surface area contributed by atoms with Gasteiger partial charge in [-0.2, -0.15) is 9.78 Å². The lowest BCUT2D eigenvalue weighted by Crippen LogP contribution is -2.21. The number of ether oxygens (including phenoxy) is 1. The van der Waals surface area contributed by atoms with Gasteiger partial charge in [0.1, 0.15) is 10.8 Å². The summed E-state index contributed by atoms with van der Waals surface area (Å²) in [7, 11) is 0. The van der Waals surface area contributed by atoms with Gasteiger partial charge in [0.2, 0.25) is 0 Å². The molecule has 0 saturated heterocycles. The molecule has 3 aromatic rings. The van der Waals surface area contributed by atoms with Crippen LogP contribution in [0.15, 0.2) is 59.5 Å². The summed E-state index contributed by atoms with van der Waals surface area (Å²) in [6.45, 7) is 1.29. The molecule has 1 heterocycles. The Balaban J connectivity index is 1.79.